The first kappa shape index (κ1) is 14.5. The van der Waals surface area contributed by atoms with Gasteiger partial charge in [-0.1, -0.05) is 44.5 Å². The van der Waals surface area contributed by atoms with E-state index in [4.69, 9.17) is 4.74 Å². The third-order valence-electron chi connectivity index (χ3n) is 2.88. The van der Waals surface area contributed by atoms with Gasteiger partial charge in [-0.25, -0.2) is 4.79 Å². The first-order chi connectivity index (χ1) is 8.65. The zero-order valence-electron chi connectivity index (χ0n) is 11.3. The minimum atomic E-state index is -0.264. The Bertz CT molecular complexity index is 381. The van der Waals surface area contributed by atoms with Crippen LogP contribution in [0.5, 0.6) is 0 Å². The molecule has 0 saturated carbocycles. The molecule has 0 heterocycles. The highest BCUT2D eigenvalue weighted by atomic mass is 16.5. The van der Waals surface area contributed by atoms with Gasteiger partial charge in [-0.3, -0.25) is 0 Å². The van der Waals surface area contributed by atoms with E-state index in [0.29, 0.717) is 5.56 Å². The van der Waals surface area contributed by atoms with Gasteiger partial charge >= 0.3 is 5.97 Å². The molecule has 1 rings (SSSR count). The van der Waals surface area contributed by atoms with Crippen molar-refractivity contribution in [1.29, 1.82) is 0 Å². The van der Waals surface area contributed by atoms with Crippen LogP contribution in [0.1, 0.15) is 49.9 Å². The Kier molecular flexibility index (Phi) is 6.20. The van der Waals surface area contributed by atoms with Crippen molar-refractivity contribution >= 4 is 5.97 Å². The molecule has 98 valence electrons. The number of rotatable bonds is 7. The lowest BCUT2D eigenvalue weighted by atomic mass is 10.1. The number of ether oxygens (including phenoxy) is 1. The lowest BCUT2D eigenvalue weighted by Crippen LogP contribution is -2.19. The summed E-state index contributed by atoms with van der Waals surface area (Å²) in [5.41, 5.74) is 1.51. The predicted molar refractivity (Wildman–Crippen MR) is 74.6 cm³/mol. The van der Waals surface area contributed by atoms with E-state index >= 15 is 0 Å². The number of unbranched alkanes of at least 4 members (excludes halogenated alkanes) is 2. The van der Waals surface area contributed by atoms with Gasteiger partial charge in [0.2, 0.25) is 0 Å². The minimum absolute atomic E-state index is 0.163. The van der Waals surface area contributed by atoms with Gasteiger partial charge in [-0.05, 0) is 37.5 Å². The SMILES string of the molecule is C=C(C)[C@@H](CCCCC)OC(=O)c1ccccc1. The fraction of sp³-hybridized carbons (Fsp3) is 0.438. The maximum atomic E-state index is 11.9. The van der Waals surface area contributed by atoms with E-state index in [1.807, 2.05) is 25.1 Å². The molecule has 2 nitrogen and oxygen atoms in total. The van der Waals surface area contributed by atoms with Crippen molar-refractivity contribution in [2.45, 2.75) is 45.6 Å². The Labute approximate surface area is 110 Å². The Morgan fingerprint density at radius 1 is 1.28 bits per heavy atom. The molecule has 0 N–H and O–H groups in total. The van der Waals surface area contributed by atoms with Crippen molar-refractivity contribution in [3.05, 3.63) is 48.0 Å². The summed E-state index contributed by atoms with van der Waals surface area (Å²) in [6, 6.07) is 9.09. The Balaban J connectivity index is 2.55. The van der Waals surface area contributed by atoms with Crippen LogP contribution in [0.2, 0.25) is 0 Å². The van der Waals surface area contributed by atoms with Crippen molar-refractivity contribution in [3.63, 3.8) is 0 Å². The minimum Gasteiger partial charge on any atom is -0.454 e. The van der Waals surface area contributed by atoms with Crippen LogP contribution < -0.4 is 0 Å². The molecule has 0 aliphatic rings. The van der Waals surface area contributed by atoms with E-state index in [1.54, 1.807) is 12.1 Å². The molecule has 1 aromatic rings. The average molecular weight is 246 g/mol. The molecule has 0 unspecified atom stereocenters. The molecule has 1 aromatic carbocycles. The second kappa shape index (κ2) is 7.70. The zero-order valence-corrected chi connectivity index (χ0v) is 11.3. The van der Waals surface area contributed by atoms with Crippen LogP contribution in [0.15, 0.2) is 42.5 Å². The van der Waals surface area contributed by atoms with Gasteiger partial charge < -0.3 is 4.74 Å². The molecular weight excluding hydrogens is 224 g/mol. The largest absolute Gasteiger partial charge is 0.454 e. The molecule has 0 aromatic heterocycles. The summed E-state index contributed by atoms with van der Waals surface area (Å²) >= 11 is 0. The summed E-state index contributed by atoms with van der Waals surface area (Å²) in [4.78, 5) is 11.9. The van der Waals surface area contributed by atoms with Gasteiger partial charge in [0.1, 0.15) is 6.10 Å². The van der Waals surface area contributed by atoms with Crippen LogP contribution in [-0.2, 0) is 4.74 Å². The molecule has 0 saturated heterocycles. The molecule has 0 radical (unpaired) electrons. The van der Waals surface area contributed by atoms with Crippen molar-refractivity contribution in [3.8, 4) is 0 Å². The first-order valence-corrected chi connectivity index (χ1v) is 6.56. The summed E-state index contributed by atoms with van der Waals surface area (Å²) in [6.07, 6.45) is 4.09. The molecule has 1 atom stereocenters. The van der Waals surface area contributed by atoms with Crippen molar-refractivity contribution in [1.82, 2.24) is 0 Å². The quantitative estimate of drug-likeness (QED) is 0.406. The zero-order chi connectivity index (χ0) is 13.4. The number of carbonyl (C=O) groups excluding carboxylic acids is 1. The summed E-state index contributed by atoms with van der Waals surface area (Å²) in [5.74, 6) is -0.264. The summed E-state index contributed by atoms with van der Waals surface area (Å²) < 4.78 is 5.51. The molecule has 0 fully saturated rings. The average Bonchev–Trinajstić information content (AvgIpc) is 2.38. The topological polar surface area (TPSA) is 26.3 Å². The fourth-order valence-electron chi connectivity index (χ4n) is 1.76. The molecular formula is C16H22O2. The predicted octanol–water partition coefficient (Wildman–Crippen LogP) is 4.37. The van der Waals surface area contributed by atoms with Gasteiger partial charge in [-0.2, -0.15) is 0 Å². The van der Waals surface area contributed by atoms with Gasteiger partial charge in [0, 0.05) is 0 Å². The van der Waals surface area contributed by atoms with E-state index in [1.165, 1.54) is 0 Å². The third kappa shape index (κ3) is 4.74. The third-order valence-corrected chi connectivity index (χ3v) is 2.88. The molecule has 0 aliphatic carbocycles. The molecule has 0 spiro atoms. The molecule has 0 amide bonds. The van der Waals surface area contributed by atoms with Crippen molar-refractivity contribution in [2.24, 2.45) is 0 Å². The van der Waals surface area contributed by atoms with Crippen LogP contribution in [0, 0.1) is 0 Å². The van der Waals surface area contributed by atoms with Gasteiger partial charge in [0.25, 0.3) is 0 Å². The molecule has 0 aliphatic heterocycles. The Morgan fingerprint density at radius 3 is 2.50 bits per heavy atom. The number of carbonyl (C=O) groups is 1. The molecule has 0 bridgehead atoms. The molecule has 18 heavy (non-hydrogen) atoms. The number of hydrogen-bond acceptors (Lipinski definition) is 2. The van der Waals surface area contributed by atoms with Crippen molar-refractivity contribution < 1.29 is 9.53 Å². The Hall–Kier alpha value is -1.57. The van der Waals surface area contributed by atoms with E-state index in [-0.39, 0.29) is 12.1 Å². The lowest BCUT2D eigenvalue weighted by Gasteiger charge is -2.18. The molecule has 2 heteroatoms. The smallest absolute Gasteiger partial charge is 0.338 e. The summed E-state index contributed by atoms with van der Waals surface area (Å²) in [7, 11) is 0. The highest BCUT2D eigenvalue weighted by Gasteiger charge is 2.15. The van der Waals surface area contributed by atoms with E-state index < -0.39 is 0 Å². The van der Waals surface area contributed by atoms with E-state index in [9.17, 15) is 4.79 Å². The second-order valence-corrected chi connectivity index (χ2v) is 4.60. The number of benzene rings is 1. The van der Waals surface area contributed by atoms with Crippen molar-refractivity contribution in [2.75, 3.05) is 0 Å². The number of esters is 1. The van der Waals surface area contributed by atoms with Crippen LogP contribution in [0.4, 0.5) is 0 Å². The van der Waals surface area contributed by atoms with E-state index in [2.05, 4.69) is 13.5 Å². The fourth-order valence-corrected chi connectivity index (χ4v) is 1.76. The first-order valence-electron chi connectivity index (χ1n) is 6.56. The maximum Gasteiger partial charge on any atom is 0.338 e. The summed E-state index contributed by atoms with van der Waals surface area (Å²) in [5, 5.41) is 0. The van der Waals surface area contributed by atoms with Crippen LogP contribution in [0.25, 0.3) is 0 Å². The van der Waals surface area contributed by atoms with Crippen LogP contribution in [0.3, 0.4) is 0 Å². The van der Waals surface area contributed by atoms with Gasteiger partial charge in [0.05, 0.1) is 5.56 Å². The standard InChI is InChI=1S/C16H22O2/c1-4-5-7-12-15(13(2)3)18-16(17)14-10-8-6-9-11-14/h6,8-11,15H,2,4-5,7,12H2,1,3H3/t15-/m1/s1. The van der Waals surface area contributed by atoms with Crippen LogP contribution in [-0.4, -0.2) is 12.1 Å². The normalized spacial score (nSPS) is 11.9. The van der Waals surface area contributed by atoms with Crippen LogP contribution >= 0.6 is 0 Å². The number of hydrogen-bond donors (Lipinski definition) is 0. The Morgan fingerprint density at radius 2 is 1.94 bits per heavy atom. The monoisotopic (exact) mass is 246 g/mol. The van der Waals surface area contributed by atoms with Gasteiger partial charge in [0.15, 0.2) is 0 Å². The highest BCUT2D eigenvalue weighted by molar-refractivity contribution is 5.89. The lowest BCUT2D eigenvalue weighted by molar-refractivity contribution is 0.0355. The summed E-state index contributed by atoms with van der Waals surface area (Å²) in [6.45, 7) is 7.97. The highest BCUT2D eigenvalue weighted by Crippen LogP contribution is 2.15. The van der Waals surface area contributed by atoms with E-state index in [0.717, 1.165) is 31.3 Å². The maximum absolute atomic E-state index is 11.9. The van der Waals surface area contributed by atoms with Gasteiger partial charge in [-0.15, -0.1) is 0 Å². The second-order valence-electron chi connectivity index (χ2n) is 4.60.